The highest BCUT2D eigenvalue weighted by molar-refractivity contribution is 7.99. The van der Waals surface area contributed by atoms with Crippen LogP contribution in [0.3, 0.4) is 0 Å². The number of nitrogens with one attached hydrogen (secondary N) is 1. The first kappa shape index (κ1) is 25.9. The second kappa shape index (κ2) is 12.6. The Bertz CT molecular complexity index is 873. The minimum atomic E-state index is -0.662. The average molecular weight is 502 g/mol. The summed E-state index contributed by atoms with van der Waals surface area (Å²) in [6, 6.07) is 12.1. The molecule has 2 aromatic carbocycles. The molecule has 2 aromatic rings. The number of rotatable bonds is 10. The summed E-state index contributed by atoms with van der Waals surface area (Å²) in [7, 11) is 0. The van der Waals surface area contributed by atoms with E-state index in [0.29, 0.717) is 26.4 Å². The molecule has 0 spiro atoms. The molecule has 1 N–H and O–H groups in total. The summed E-state index contributed by atoms with van der Waals surface area (Å²) in [6.07, 6.45) is 0.805. The van der Waals surface area contributed by atoms with E-state index in [1.165, 1.54) is 11.8 Å². The summed E-state index contributed by atoms with van der Waals surface area (Å²) in [5.41, 5.74) is 1.70. The van der Waals surface area contributed by atoms with E-state index in [9.17, 15) is 9.59 Å². The van der Waals surface area contributed by atoms with Crippen LogP contribution < -0.4 is 5.32 Å². The van der Waals surface area contributed by atoms with Crippen molar-refractivity contribution in [2.45, 2.75) is 51.6 Å². The van der Waals surface area contributed by atoms with Crippen LogP contribution >= 0.6 is 46.6 Å². The van der Waals surface area contributed by atoms with Gasteiger partial charge in [-0.2, -0.15) is 0 Å². The molecule has 0 aliphatic heterocycles. The van der Waals surface area contributed by atoms with Crippen molar-refractivity contribution in [3.05, 3.63) is 68.7 Å². The number of carbonyl (C=O) groups is 2. The van der Waals surface area contributed by atoms with Gasteiger partial charge in [0, 0.05) is 39.0 Å². The molecule has 0 aliphatic rings. The molecule has 0 saturated heterocycles. The van der Waals surface area contributed by atoms with E-state index < -0.39 is 6.04 Å². The van der Waals surface area contributed by atoms with Crippen LogP contribution in [0.2, 0.25) is 15.1 Å². The SMILES string of the molecule is CC[C@H](C)NC(=O)[C@@H](C)N(Cc1c(Cl)cccc1Cl)C(=O)CSCc1ccc(Cl)cc1. The van der Waals surface area contributed by atoms with Crippen molar-refractivity contribution < 1.29 is 9.59 Å². The number of nitrogens with zero attached hydrogens (tertiary/aromatic N) is 1. The third-order valence-corrected chi connectivity index (χ3v) is 6.91. The van der Waals surface area contributed by atoms with E-state index >= 15 is 0 Å². The lowest BCUT2D eigenvalue weighted by Gasteiger charge is -2.30. The maximum Gasteiger partial charge on any atom is 0.242 e. The van der Waals surface area contributed by atoms with Gasteiger partial charge in [0.2, 0.25) is 11.8 Å². The molecular formula is C23H27Cl3N2O2S. The van der Waals surface area contributed by atoms with Gasteiger partial charge in [0.15, 0.2) is 0 Å². The number of amides is 2. The van der Waals surface area contributed by atoms with Crippen molar-refractivity contribution in [1.82, 2.24) is 10.2 Å². The lowest BCUT2D eigenvalue weighted by atomic mass is 10.1. The predicted molar refractivity (Wildman–Crippen MR) is 132 cm³/mol. The summed E-state index contributed by atoms with van der Waals surface area (Å²) < 4.78 is 0. The fourth-order valence-corrected chi connectivity index (χ4v) is 4.34. The minimum Gasteiger partial charge on any atom is -0.352 e. The van der Waals surface area contributed by atoms with Gasteiger partial charge in [-0.25, -0.2) is 0 Å². The molecule has 2 rings (SSSR count). The van der Waals surface area contributed by atoms with Crippen molar-refractivity contribution in [3.8, 4) is 0 Å². The van der Waals surface area contributed by atoms with Crippen LogP contribution in [0.5, 0.6) is 0 Å². The first-order valence-corrected chi connectivity index (χ1v) is 12.4. The quantitative estimate of drug-likeness (QED) is 0.421. The predicted octanol–water partition coefficient (Wildman–Crippen LogP) is 6.21. The van der Waals surface area contributed by atoms with Crippen molar-refractivity contribution in [1.29, 1.82) is 0 Å². The zero-order valence-corrected chi connectivity index (χ0v) is 20.9. The maximum absolute atomic E-state index is 13.1. The fraction of sp³-hybridized carbons (Fsp3) is 0.391. The van der Waals surface area contributed by atoms with E-state index in [1.807, 2.05) is 38.1 Å². The molecule has 0 bridgehead atoms. The number of carbonyl (C=O) groups excluding carboxylic acids is 2. The Labute approximate surface area is 203 Å². The third-order valence-electron chi connectivity index (χ3n) is 4.97. The van der Waals surface area contributed by atoms with Gasteiger partial charge in [0.05, 0.1) is 5.75 Å². The normalized spacial score (nSPS) is 12.8. The first-order chi connectivity index (χ1) is 14.7. The van der Waals surface area contributed by atoms with Crippen LogP contribution in [-0.4, -0.2) is 34.6 Å². The van der Waals surface area contributed by atoms with Crippen LogP contribution in [0.1, 0.15) is 38.3 Å². The Morgan fingerprint density at radius 2 is 1.65 bits per heavy atom. The second-order valence-corrected chi connectivity index (χ2v) is 9.57. The van der Waals surface area contributed by atoms with Gasteiger partial charge in [0.1, 0.15) is 6.04 Å². The molecule has 0 fully saturated rings. The Morgan fingerprint density at radius 1 is 1.03 bits per heavy atom. The summed E-state index contributed by atoms with van der Waals surface area (Å²) in [5, 5.41) is 4.56. The van der Waals surface area contributed by atoms with Crippen LogP contribution in [0.4, 0.5) is 0 Å². The largest absolute Gasteiger partial charge is 0.352 e. The molecule has 168 valence electrons. The zero-order chi connectivity index (χ0) is 23.0. The lowest BCUT2D eigenvalue weighted by molar-refractivity contribution is -0.138. The van der Waals surface area contributed by atoms with Gasteiger partial charge in [-0.15, -0.1) is 11.8 Å². The fourth-order valence-electron chi connectivity index (χ4n) is 2.82. The monoisotopic (exact) mass is 500 g/mol. The summed E-state index contributed by atoms with van der Waals surface area (Å²) in [5.74, 6) is 0.540. The molecule has 8 heteroatoms. The highest BCUT2D eigenvalue weighted by atomic mass is 35.5. The maximum atomic E-state index is 13.1. The number of halogens is 3. The van der Waals surface area contributed by atoms with E-state index in [2.05, 4.69) is 5.32 Å². The van der Waals surface area contributed by atoms with Crippen molar-refractivity contribution >= 4 is 58.4 Å². The number of hydrogen-bond donors (Lipinski definition) is 1. The molecule has 4 nitrogen and oxygen atoms in total. The molecule has 0 unspecified atom stereocenters. The molecular weight excluding hydrogens is 475 g/mol. The van der Waals surface area contributed by atoms with Crippen molar-refractivity contribution in [3.63, 3.8) is 0 Å². The van der Waals surface area contributed by atoms with Crippen molar-refractivity contribution in [2.24, 2.45) is 0 Å². The van der Waals surface area contributed by atoms with Gasteiger partial charge in [-0.1, -0.05) is 59.9 Å². The van der Waals surface area contributed by atoms with Crippen LogP contribution in [-0.2, 0) is 21.9 Å². The summed E-state index contributed by atoms with van der Waals surface area (Å²) >= 11 is 20.1. The number of benzene rings is 2. The molecule has 2 amide bonds. The Kier molecular flexibility index (Phi) is 10.5. The Balaban J connectivity index is 2.14. The van der Waals surface area contributed by atoms with Crippen molar-refractivity contribution in [2.75, 3.05) is 5.75 Å². The molecule has 0 aromatic heterocycles. The highest BCUT2D eigenvalue weighted by Crippen LogP contribution is 2.27. The van der Waals surface area contributed by atoms with E-state index in [4.69, 9.17) is 34.8 Å². The Hall–Kier alpha value is -1.40. The molecule has 2 atom stereocenters. The smallest absolute Gasteiger partial charge is 0.242 e. The van der Waals surface area contributed by atoms with Gasteiger partial charge in [-0.3, -0.25) is 9.59 Å². The second-order valence-electron chi connectivity index (χ2n) is 7.33. The van der Waals surface area contributed by atoms with E-state index in [1.54, 1.807) is 30.0 Å². The number of hydrogen-bond acceptors (Lipinski definition) is 3. The molecule has 0 radical (unpaired) electrons. The summed E-state index contributed by atoms with van der Waals surface area (Å²) in [4.78, 5) is 27.4. The van der Waals surface area contributed by atoms with Crippen LogP contribution in [0.15, 0.2) is 42.5 Å². The highest BCUT2D eigenvalue weighted by Gasteiger charge is 2.27. The Morgan fingerprint density at radius 3 is 2.23 bits per heavy atom. The minimum absolute atomic E-state index is 0.0232. The van der Waals surface area contributed by atoms with Gasteiger partial charge >= 0.3 is 0 Å². The summed E-state index contributed by atoms with van der Waals surface area (Å²) in [6.45, 7) is 5.82. The topological polar surface area (TPSA) is 49.4 Å². The molecule has 31 heavy (non-hydrogen) atoms. The van der Waals surface area contributed by atoms with E-state index in [0.717, 1.165) is 12.0 Å². The lowest BCUT2D eigenvalue weighted by Crippen LogP contribution is -2.50. The standard InChI is InChI=1S/C23H27Cl3N2O2S/c1-4-15(2)27-23(30)16(3)28(12-19-20(25)6-5-7-21(19)26)22(29)14-31-13-17-8-10-18(24)11-9-17/h5-11,15-16H,4,12-14H2,1-3H3,(H,27,30)/t15-,16+/m0/s1. The van der Waals surface area contributed by atoms with Gasteiger partial charge in [0.25, 0.3) is 0 Å². The average Bonchev–Trinajstić information content (AvgIpc) is 2.74. The third kappa shape index (κ3) is 7.90. The van der Waals surface area contributed by atoms with Gasteiger partial charge < -0.3 is 10.2 Å². The van der Waals surface area contributed by atoms with E-state index in [-0.39, 0.29) is 30.2 Å². The zero-order valence-electron chi connectivity index (χ0n) is 17.8. The van der Waals surface area contributed by atoms with Gasteiger partial charge in [-0.05, 0) is 50.1 Å². The van der Waals surface area contributed by atoms with Crippen LogP contribution in [0, 0.1) is 0 Å². The number of thioether (sulfide) groups is 1. The first-order valence-electron chi connectivity index (χ1n) is 10.1. The van der Waals surface area contributed by atoms with Crippen LogP contribution in [0.25, 0.3) is 0 Å². The molecule has 0 heterocycles. The molecule has 0 aliphatic carbocycles. The molecule has 0 saturated carbocycles.